The second-order valence-corrected chi connectivity index (χ2v) is 4.77. The third-order valence-corrected chi connectivity index (χ3v) is 3.64. The first-order chi connectivity index (χ1) is 8.43. The summed E-state index contributed by atoms with van der Waals surface area (Å²) in [5, 5.41) is 3.27. The molecule has 100 valence electrons. The molecule has 18 heavy (non-hydrogen) atoms. The van der Waals surface area contributed by atoms with E-state index >= 15 is 0 Å². The van der Waals surface area contributed by atoms with Gasteiger partial charge in [0.1, 0.15) is 15.4 Å². The predicted octanol–water partition coefficient (Wildman–Crippen LogP) is 0.933. The van der Waals surface area contributed by atoms with Crippen molar-refractivity contribution in [3.63, 3.8) is 0 Å². The first-order valence-corrected chi connectivity index (χ1v) is 6.21. The minimum atomic E-state index is -0.539. The zero-order valence-corrected chi connectivity index (χ0v) is 11.7. The second kappa shape index (κ2) is 5.72. The van der Waals surface area contributed by atoms with Crippen LogP contribution >= 0.6 is 11.3 Å². The lowest BCUT2D eigenvalue weighted by atomic mass is 10.2. The molecule has 0 aliphatic carbocycles. The average molecular weight is 271 g/mol. The highest BCUT2D eigenvalue weighted by Gasteiger charge is 2.26. The summed E-state index contributed by atoms with van der Waals surface area (Å²) in [5.41, 5.74) is 6.28. The number of nitrogen functional groups attached to an aromatic ring is 1. The molecule has 3 N–H and O–H groups in total. The van der Waals surface area contributed by atoms with Crippen LogP contribution in [0.25, 0.3) is 0 Å². The molecule has 0 saturated carbocycles. The van der Waals surface area contributed by atoms with E-state index in [1.807, 2.05) is 6.92 Å². The predicted molar refractivity (Wildman–Crippen MR) is 72.4 cm³/mol. The number of nitrogens with zero attached hydrogens (tertiary/aromatic N) is 1. The highest BCUT2D eigenvalue weighted by molar-refractivity contribution is 7.19. The lowest BCUT2D eigenvalue weighted by Gasteiger charge is -2.11. The summed E-state index contributed by atoms with van der Waals surface area (Å²) in [5.74, 6) is -0.818. The quantitative estimate of drug-likeness (QED) is 0.796. The molecular weight excluding hydrogens is 254 g/mol. The molecule has 0 aliphatic heterocycles. The fraction of sp³-hybridized carbons (Fsp3) is 0.455. The first kappa shape index (κ1) is 14.3. The third-order valence-electron chi connectivity index (χ3n) is 2.27. The molecule has 0 fully saturated rings. The molecule has 1 aromatic rings. The van der Waals surface area contributed by atoms with Crippen LogP contribution in [0, 0.1) is 0 Å². The van der Waals surface area contributed by atoms with Crippen molar-refractivity contribution in [2.45, 2.75) is 6.92 Å². The molecular formula is C11H17N3O3S. The van der Waals surface area contributed by atoms with Crippen molar-refractivity contribution in [1.82, 2.24) is 5.32 Å². The van der Waals surface area contributed by atoms with E-state index in [0.29, 0.717) is 16.4 Å². The van der Waals surface area contributed by atoms with Crippen LogP contribution in [0.3, 0.4) is 0 Å². The number of methoxy groups -OCH3 is 1. The van der Waals surface area contributed by atoms with Crippen molar-refractivity contribution in [2.75, 3.05) is 38.4 Å². The summed E-state index contributed by atoms with van der Waals surface area (Å²) >= 11 is 1.17. The van der Waals surface area contributed by atoms with Crippen molar-refractivity contribution in [3.8, 4) is 0 Å². The number of anilines is 2. The molecule has 0 unspecified atom stereocenters. The number of carbonyl (C=O) groups is 2. The highest BCUT2D eigenvalue weighted by Crippen LogP contribution is 2.37. The Bertz CT molecular complexity index is 468. The van der Waals surface area contributed by atoms with Gasteiger partial charge in [0.25, 0.3) is 5.91 Å². The van der Waals surface area contributed by atoms with E-state index in [2.05, 4.69) is 5.32 Å². The summed E-state index contributed by atoms with van der Waals surface area (Å²) in [6.45, 7) is 2.32. The van der Waals surface area contributed by atoms with E-state index in [1.54, 1.807) is 19.0 Å². The monoisotopic (exact) mass is 271 g/mol. The van der Waals surface area contributed by atoms with Crippen molar-refractivity contribution in [2.24, 2.45) is 0 Å². The van der Waals surface area contributed by atoms with Crippen LogP contribution in [-0.2, 0) is 4.74 Å². The van der Waals surface area contributed by atoms with Crippen molar-refractivity contribution in [1.29, 1.82) is 0 Å². The SMILES string of the molecule is CCNC(=O)c1sc(N(C)C)c(C(=O)OC)c1N. The zero-order valence-electron chi connectivity index (χ0n) is 10.9. The Balaban J connectivity index is 3.32. The summed E-state index contributed by atoms with van der Waals surface area (Å²) in [6, 6.07) is 0. The second-order valence-electron chi connectivity index (χ2n) is 3.77. The molecule has 0 aromatic carbocycles. The molecule has 1 amide bonds. The molecule has 6 nitrogen and oxygen atoms in total. The number of esters is 1. The van der Waals surface area contributed by atoms with E-state index in [-0.39, 0.29) is 17.2 Å². The van der Waals surface area contributed by atoms with Crippen molar-refractivity contribution < 1.29 is 14.3 Å². The van der Waals surface area contributed by atoms with E-state index in [9.17, 15) is 9.59 Å². The maximum Gasteiger partial charge on any atom is 0.343 e. The number of thiophene rings is 1. The first-order valence-electron chi connectivity index (χ1n) is 5.40. The summed E-state index contributed by atoms with van der Waals surface area (Å²) < 4.78 is 4.69. The number of nitrogens with one attached hydrogen (secondary N) is 1. The molecule has 0 spiro atoms. The van der Waals surface area contributed by atoms with Crippen LogP contribution in [0.2, 0.25) is 0 Å². The lowest BCUT2D eigenvalue weighted by Crippen LogP contribution is -2.22. The van der Waals surface area contributed by atoms with Gasteiger partial charge in [-0.2, -0.15) is 0 Å². The van der Waals surface area contributed by atoms with Gasteiger partial charge in [0, 0.05) is 20.6 Å². The van der Waals surface area contributed by atoms with Gasteiger partial charge in [0.15, 0.2) is 0 Å². The van der Waals surface area contributed by atoms with Gasteiger partial charge < -0.3 is 20.7 Å². The van der Waals surface area contributed by atoms with Gasteiger partial charge in [-0.3, -0.25) is 4.79 Å². The maximum atomic E-state index is 11.8. The van der Waals surface area contributed by atoms with Crippen LogP contribution in [0.15, 0.2) is 0 Å². The average Bonchev–Trinajstić information content (AvgIpc) is 2.66. The van der Waals surface area contributed by atoms with Gasteiger partial charge in [-0.1, -0.05) is 0 Å². The molecule has 1 rings (SSSR count). The Hall–Kier alpha value is -1.76. The smallest absolute Gasteiger partial charge is 0.343 e. The van der Waals surface area contributed by atoms with Crippen LogP contribution in [0.4, 0.5) is 10.7 Å². The van der Waals surface area contributed by atoms with Crippen molar-refractivity contribution in [3.05, 3.63) is 10.4 Å². The largest absolute Gasteiger partial charge is 0.465 e. The Morgan fingerprint density at radius 2 is 2.06 bits per heavy atom. The molecule has 1 aromatic heterocycles. The summed E-state index contributed by atoms with van der Waals surface area (Å²) in [4.78, 5) is 25.6. The third kappa shape index (κ3) is 2.56. The molecule has 0 aliphatic rings. The number of hydrogen-bond donors (Lipinski definition) is 2. The maximum absolute atomic E-state index is 11.8. The number of hydrogen-bond acceptors (Lipinski definition) is 6. The number of carbonyl (C=O) groups excluding carboxylic acids is 2. The van der Waals surface area contributed by atoms with Gasteiger partial charge >= 0.3 is 5.97 Å². The van der Waals surface area contributed by atoms with Crippen LogP contribution in [-0.4, -0.2) is 39.6 Å². The minimum absolute atomic E-state index is 0.168. The van der Waals surface area contributed by atoms with Crippen molar-refractivity contribution >= 4 is 33.9 Å². The van der Waals surface area contributed by atoms with Gasteiger partial charge in [-0.25, -0.2) is 4.79 Å². The zero-order chi connectivity index (χ0) is 13.9. The molecule has 0 atom stereocenters. The molecule has 1 heterocycles. The van der Waals surface area contributed by atoms with Gasteiger partial charge in [-0.05, 0) is 6.92 Å². The Kier molecular flexibility index (Phi) is 4.55. The van der Waals surface area contributed by atoms with E-state index in [1.165, 1.54) is 18.4 Å². The highest BCUT2D eigenvalue weighted by atomic mass is 32.1. The topological polar surface area (TPSA) is 84.7 Å². The number of amides is 1. The molecule has 0 radical (unpaired) electrons. The van der Waals surface area contributed by atoms with Crippen LogP contribution < -0.4 is 16.0 Å². The van der Waals surface area contributed by atoms with Gasteiger partial charge in [0.05, 0.1) is 12.8 Å². The molecule has 7 heteroatoms. The summed E-state index contributed by atoms with van der Waals surface area (Å²) in [6.07, 6.45) is 0. The van der Waals surface area contributed by atoms with E-state index in [4.69, 9.17) is 10.5 Å². The molecule has 0 saturated heterocycles. The van der Waals surface area contributed by atoms with Crippen LogP contribution in [0.1, 0.15) is 27.0 Å². The van der Waals surface area contributed by atoms with E-state index in [0.717, 1.165) is 0 Å². The Morgan fingerprint density at radius 3 is 2.50 bits per heavy atom. The van der Waals surface area contributed by atoms with Crippen LogP contribution in [0.5, 0.6) is 0 Å². The number of nitrogens with two attached hydrogens (primary N) is 1. The molecule has 0 bridgehead atoms. The van der Waals surface area contributed by atoms with E-state index < -0.39 is 5.97 Å². The standard InChI is InChI=1S/C11H17N3O3S/c1-5-13-9(15)8-7(12)6(11(16)17-4)10(18-8)14(2)3/h5,12H2,1-4H3,(H,13,15). The summed E-state index contributed by atoms with van der Waals surface area (Å²) in [7, 11) is 4.84. The number of rotatable bonds is 4. The lowest BCUT2D eigenvalue weighted by molar-refractivity contribution is 0.0603. The Labute approximate surface area is 110 Å². The Morgan fingerprint density at radius 1 is 1.44 bits per heavy atom. The minimum Gasteiger partial charge on any atom is -0.465 e. The van der Waals surface area contributed by atoms with Gasteiger partial charge in [-0.15, -0.1) is 11.3 Å². The number of ether oxygens (including phenoxy) is 1. The fourth-order valence-electron chi connectivity index (χ4n) is 1.46. The fourth-order valence-corrected chi connectivity index (χ4v) is 2.50. The normalized spacial score (nSPS) is 10.0. The van der Waals surface area contributed by atoms with Gasteiger partial charge in [0.2, 0.25) is 0 Å².